The molecule has 0 aliphatic carbocycles. The first kappa shape index (κ1) is 20.8. The third-order valence-electron chi connectivity index (χ3n) is 4.72. The number of amides is 1. The number of hydrogen-bond donors (Lipinski definition) is 0. The molecule has 0 unspecified atom stereocenters. The summed E-state index contributed by atoms with van der Waals surface area (Å²) in [5.41, 5.74) is 3.61. The van der Waals surface area contributed by atoms with Gasteiger partial charge < -0.3 is 19.0 Å². The fraction of sp³-hybridized carbons (Fsp3) is 0.409. The number of fused-ring (bicyclic) bond motifs is 1. The Morgan fingerprint density at radius 2 is 1.86 bits per heavy atom. The number of ether oxygens (including phenoxy) is 1. The van der Waals surface area contributed by atoms with Crippen LogP contribution in [0.25, 0.3) is 22.6 Å². The molecule has 1 amide bonds. The van der Waals surface area contributed by atoms with Crippen molar-refractivity contribution in [2.75, 3.05) is 38.2 Å². The number of carbonyl (C=O) groups is 1. The summed E-state index contributed by atoms with van der Waals surface area (Å²) in [5, 5.41) is 0. The Hall–Kier alpha value is -2.93. The summed E-state index contributed by atoms with van der Waals surface area (Å²) in [6.45, 7) is 9.23. The van der Waals surface area contributed by atoms with E-state index < -0.39 is 0 Å². The first-order valence-corrected chi connectivity index (χ1v) is 9.70. The maximum atomic E-state index is 10.8. The van der Waals surface area contributed by atoms with E-state index in [0.29, 0.717) is 5.89 Å². The molecule has 1 saturated heterocycles. The average molecular weight is 396 g/mol. The Morgan fingerprint density at radius 3 is 2.45 bits per heavy atom. The van der Waals surface area contributed by atoms with Crippen molar-refractivity contribution in [3.05, 3.63) is 42.7 Å². The molecular weight excluding hydrogens is 368 g/mol. The minimum absolute atomic E-state index is 0.0417. The summed E-state index contributed by atoms with van der Waals surface area (Å²) in [6.07, 6.45) is 4.38. The fourth-order valence-electron chi connectivity index (χ4n) is 2.81. The van der Waals surface area contributed by atoms with E-state index in [-0.39, 0.29) is 5.60 Å². The number of benzene rings is 1. The van der Waals surface area contributed by atoms with Gasteiger partial charge in [0.2, 0.25) is 12.3 Å². The van der Waals surface area contributed by atoms with Gasteiger partial charge in [-0.3, -0.25) is 9.78 Å². The number of pyridine rings is 1. The molecule has 7 heteroatoms. The van der Waals surface area contributed by atoms with Gasteiger partial charge >= 0.3 is 0 Å². The van der Waals surface area contributed by atoms with Gasteiger partial charge in [-0.05, 0) is 51.1 Å². The maximum absolute atomic E-state index is 10.8. The molecular formula is C22H28N4O3. The Balaban J connectivity index is 0.000000353. The third kappa shape index (κ3) is 5.54. The Bertz CT molecular complexity index is 926. The van der Waals surface area contributed by atoms with Gasteiger partial charge in [0.1, 0.15) is 5.52 Å². The number of piperazine rings is 1. The summed E-state index contributed by atoms with van der Waals surface area (Å²) in [5.74, 6) is 0.580. The summed E-state index contributed by atoms with van der Waals surface area (Å²) < 4.78 is 10.7. The summed E-state index contributed by atoms with van der Waals surface area (Å²) in [4.78, 5) is 23.5. The van der Waals surface area contributed by atoms with E-state index in [9.17, 15) is 4.79 Å². The van der Waals surface area contributed by atoms with Crippen LogP contribution in [0, 0.1) is 0 Å². The number of rotatable bonds is 3. The van der Waals surface area contributed by atoms with Crippen molar-refractivity contribution >= 4 is 23.2 Å². The molecule has 3 heterocycles. The molecule has 0 atom stereocenters. The van der Waals surface area contributed by atoms with Crippen molar-refractivity contribution < 1.29 is 13.9 Å². The Morgan fingerprint density at radius 1 is 1.14 bits per heavy atom. The molecule has 1 aliphatic rings. The van der Waals surface area contributed by atoms with E-state index in [0.717, 1.165) is 54.9 Å². The highest BCUT2D eigenvalue weighted by Gasteiger charge is 2.17. The van der Waals surface area contributed by atoms with Crippen LogP contribution in [0.5, 0.6) is 0 Å². The molecule has 3 aromatic rings. The number of carbonyl (C=O) groups excluding carboxylic acids is 1. The second-order valence-corrected chi connectivity index (χ2v) is 7.86. The minimum atomic E-state index is 0.0417. The Labute approximate surface area is 171 Å². The van der Waals surface area contributed by atoms with E-state index in [4.69, 9.17) is 9.15 Å². The second kappa shape index (κ2) is 9.05. The van der Waals surface area contributed by atoms with Gasteiger partial charge in [0.25, 0.3) is 0 Å². The predicted molar refractivity (Wildman–Crippen MR) is 114 cm³/mol. The normalized spacial score (nSPS) is 14.5. The lowest BCUT2D eigenvalue weighted by molar-refractivity contribution is -0.118. The third-order valence-corrected chi connectivity index (χ3v) is 4.72. The van der Waals surface area contributed by atoms with Crippen LogP contribution in [0.3, 0.4) is 0 Å². The van der Waals surface area contributed by atoms with Crippen molar-refractivity contribution in [1.29, 1.82) is 0 Å². The smallest absolute Gasteiger partial charge is 0.228 e. The standard InChI is InChI=1S/C17H16N4O2.C5H12O/c22-12-20-6-8-21(9-7-20)14-3-4-16-15(10-14)19-17(23-16)13-2-1-5-18-11-13;1-5(2,3)6-4/h1-5,10-12H,6-9H2;1-4H3. The molecule has 1 fully saturated rings. The number of anilines is 1. The van der Waals surface area contributed by atoms with Gasteiger partial charge in [-0.25, -0.2) is 4.98 Å². The molecule has 1 aromatic carbocycles. The lowest BCUT2D eigenvalue weighted by Crippen LogP contribution is -2.45. The molecule has 0 bridgehead atoms. The molecule has 0 radical (unpaired) electrons. The lowest BCUT2D eigenvalue weighted by atomic mass is 10.2. The van der Waals surface area contributed by atoms with Gasteiger partial charge in [0, 0.05) is 51.4 Å². The number of hydrogen-bond acceptors (Lipinski definition) is 6. The van der Waals surface area contributed by atoms with Gasteiger partial charge in [-0.2, -0.15) is 0 Å². The molecule has 1 aliphatic heterocycles. The fourth-order valence-corrected chi connectivity index (χ4v) is 2.81. The minimum Gasteiger partial charge on any atom is -0.436 e. The number of aromatic nitrogens is 2. The first-order chi connectivity index (χ1) is 13.9. The zero-order valence-corrected chi connectivity index (χ0v) is 17.5. The molecule has 4 rings (SSSR count). The largest absolute Gasteiger partial charge is 0.436 e. The van der Waals surface area contributed by atoms with Crippen molar-refractivity contribution in [1.82, 2.24) is 14.9 Å². The molecule has 0 N–H and O–H groups in total. The van der Waals surface area contributed by atoms with E-state index in [1.807, 2.05) is 51.1 Å². The number of oxazole rings is 1. The lowest BCUT2D eigenvalue weighted by Gasteiger charge is -2.34. The zero-order valence-electron chi connectivity index (χ0n) is 17.5. The number of methoxy groups -OCH3 is 1. The summed E-state index contributed by atoms with van der Waals surface area (Å²) in [7, 11) is 1.71. The van der Waals surface area contributed by atoms with Crippen LogP contribution in [0.15, 0.2) is 47.1 Å². The summed E-state index contributed by atoms with van der Waals surface area (Å²) in [6, 6.07) is 9.81. The molecule has 0 saturated carbocycles. The highest BCUT2D eigenvalue weighted by molar-refractivity contribution is 5.80. The van der Waals surface area contributed by atoms with Crippen LogP contribution < -0.4 is 4.90 Å². The van der Waals surface area contributed by atoms with Crippen molar-refractivity contribution in [3.8, 4) is 11.5 Å². The SMILES string of the molecule is COC(C)(C)C.O=CN1CCN(c2ccc3oc(-c4cccnc4)nc3c2)CC1. The van der Waals surface area contributed by atoms with Gasteiger partial charge in [-0.1, -0.05) is 0 Å². The highest BCUT2D eigenvalue weighted by atomic mass is 16.5. The highest BCUT2D eigenvalue weighted by Crippen LogP contribution is 2.27. The quantitative estimate of drug-likeness (QED) is 0.630. The molecule has 154 valence electrons. The van der Waals surface area contributed by atoms with Crippen LogP contribution in [-0.4, -0.2) is 60.2 Å². The summed E-state index contributed by atoms with van der Waals surface area (Å²) >= 11 is 0. The number of nitrogens with zero attached hydrogens (tertiary/aromatic N) is 4. The molecule has 2 aromatic heterocycles. The Kier molecular flexibility index (Phi) is 6.49. The van der Waals surface area contributed by atoms with Crippen LogP contribution in [0.4, 0.5) is 5.69 Å². The van der Waals surface area contributed by atoms with E-state index in [2.05, 4.69) is 14.9 Å². The van der Waals surface area contributed by atoms with Crippen LogP contribution in [0.1, 0.15) is 20.8 Å². The van der Waals surface area contributed by atoms with Gasteiger partial charge in [0.15, 0.2) is 5.58 Å². The molecule has 29 heavy (non-hydrogen) atoms. The molecule has 0 spiro atoms. The second-order valence-electron chi connectivity index (χ2n) is 7.86. The van der Waals surface area contributed by atoms with E-state index in [1.54, 1.807) is 24.4 Å². The van der Waals surface area contributed by atoms with Crippen LogP contribution in [-0.2, 0) is 9.53 Å². The van der Waals surface area contributed by atoms with E-state index >= 15 is 0 Å². The van der Waals surface area contributed by atoms with Crippen molar-refractivity contribution in [2.24, 2.45) is 0 Å². The maximum Gasteiger partial charge on any atom is 0.228 e. The zero-order chi connectivity index (χ0) is 20.9. The first-order valence-electron chi connectivity index (χ1n) is 9.70. The van der Waals surface area contributed by atoms with E-state index in [1.165, 1.54) is 0 Å². The molecule has 7 nitrogen and oxygen atoms in total. The van der Waals surface area contributed by atoms with Gasteiger partial charge in [-0.15, -0.1) is 0 Å². The monoisotopic (exact) mass is 396 g/mol. The predicted octanol–water partition coefficient (Wildman–Crippen LogP) is 3.60. The van der Waals surface area contributed by atoms with Gasteiger partial charge in [0.05, 0.1) is 11.2 Å². The van der Waals surface area contributed by atoms with Crippen LogP contribution in [0.2, 0.25) is 0 Å². The van der Waals surface area contributed by atoms with Crippen LogP contribution >= 0.6 is 0 Å². The average Bonchev–Trinajstić information content (AvgIpc) is 3.18. The van der Waals surface area contributed by atoms with Crippen molar-refractivity contribution in [3.63, 3.8) is 0 Å². The topological polar surface area (TPSA) is 71.7 Å². The van der Waals surface area contributed by atoms with Crippen molar-refractivity contribution in [2.45, 2.75) is 26.4 Å².